The van der Waals surface area contributed by atoms with E-state index in [0.717, 1.165) is 57.5 Å². The topological polar surface area (TPSA) is 86.1 Å². The molecule has 3 amide bonds. The van der Waals surface area contributed by atoms with Gasteiger partial charge in [0.2, 0.25) is 5.91 Å². The highest BCUT2D eigenvalue weighted by molar-refractivity contribution is 6.05. The molecule has 0 aliphatic carbocycles. The molecule has 0 spiro atoms. The second kappa shape index (κ2) is 11.4. The van der Waals surface area contributed by atoms with Crippen LogP contribution >= 0.6 is 0 Å². The first kappa shape index (κ1) is 24.8. The van der Waals surface area contributed by atoms with E-state index in [1.54, 1.807) is 18.2 Å². The molecule has 0 unspecified atom stereocenters. The van der Waals surface area contributed by atoms with E-state index in [0.29, 0.717) is 36.7 Å². The zero-order chi connectivity index (χ0) is 24.8. The Morgan fingerprint density at radius 2 is 1.69 bits per heavy atom. The van der Waals surface area contributed by atoms with Crippen LogP contribution in [-0.2, 0) is 4.79 Å². The number of anilines is 2. The molecule has 4 rings (SSSR count). The van der Waals surface area contributed by atoms with E-state index < -0.39 is 0 Å². The molecule has 2 fully saturated rings. The average molecular weight is 481 g/mol. The van der Waals surface area contributed by atoms with Gasteiger partial charge in [0.25, 0.3) is 11.8 Å². The Hall–Kier alpha value is -3.29. The highest BCUT2D eigenvalue weighted by atomic mass is 16.3. The third-order valence-corrected chi connectivity index (χ3v) is 6.65. The van der Waals surface area contributed by atoms with Crippen molar-refractivity contribution in [2.24, 2.45) is 5.92 Å². The van der Waals surface area contributed by atoms with Gasteiger partial charge in [-0.1, -0.05) is 13.8 Å². The Bertz CT molecular complexity index is 1030. The molecule has 1 N–H and O–H groups in total. The fraction of sp³-hybridized carbons (Fsp3) is 0.519. The van der Waals surface area contributed by atoms with Crippen molar-refractivity contribution in [3.8, 4) is 0 Å². The van der Waals surface area contributed by atoms with Crippen molar-refractivity contribution < 1.29 is 18.8 Å². The quantitative estimate of drug-likeness (QED) is 0.668. The van der Waals surface area contributed by atoms with E-state index in [9.17, 15) is 14.4 Å². The van der Waals surface area contributed by atoms with Crippen molar-refractivity contribution in [3.05, 3.63) is 47.9 Å². The second-order valence-electron chi connectivity index (χ2n) is 9.84. The van der Waals surface area contributed by atoms with Crippen LogP contribution in [0.2, 0.25) is 0 Å². The summed E-state index contributed by atoms with van der Waals surface area (Å²) in [6.45, 7) is 8.43. The zero-order valence-electron chi connectivity index (χ0n) is 20.8. The van der Waals surface area contributed by atoms with Crippen molar-refractivity contribution in [1.82, 2.24) is 9.80 Å². The number of carbonyl (C=O) groups is 3. The predicted octanol–water partition coefficient (Wildman–Crippen LogP) is 4.24. The highest BCUT2D eigenvalue weighted by Crippen LogP contribution is 2.28. The van der Waals surface area contributed by atoms with Crippen LogP contribution in [0.15, 0.2) is 41.0 Å². The Kier molecular flexibility index (Phi) is 8.10. The first-order valence-corrected chi connectivity index (χ1v) is 12.7. The van der Waals surface area contributed by atoms with Gasteiger partial charge in [-0.3, -0.25) is 14.4 Å². The van der Waals surface area contributed by atoms with Gasteiger partial charge < -0.3 is 24.4 Å². The lowest BCUT2D eigenvalue weighted by molar-refractivity contribution is -0.131. The summed E-state index contributed by atoms with van der Waals surface area (Å²) in [5.74, 6) is 0.387. The van der Waals surface area contributed by atoms with Crippen molar-refractivity contribution in [3.63, 3.8) is 0 Å². The highest BCUT2D eigenvalue weighted by Gasteiger charge is 2.26. The van der Waals surface area contributed by atoms with Crippen LogP contribution in [0, 0.1) is 5.92 Å². The predicted molar refractivity (Wildman–Crippen MR) is 136 cm³/mol. The van der Waals surface area contributed by atoms with Crippen molar-refractivity contribution in [2.75, 3.05) is 49.5 Å². The van der Waals surface area contributed by atoms with E-state index in [2.05, 4.69) is 24.1 Å². The molecule has 1 aromatic carbocycles. The molecular weight excluding hydrogens is 444 g/mol. The van der Waals surface area contributed by atoms with Crippen LogP contribution in [0.25, 0.3) is 0 Å². The zero-order valence-corrected chi connectivity index (χ0v) is 20.8. The molecule has 0 atom stereocenters. The van der Waals surface area contributed by atoms with Crippen LogP contribution in [-0.4, -0.2) is 66.8 Å². The molecule has 8 heteroatoms. The van der Waals surface area contributed by atoms with E-state index >= 15 is 0 Å². The van der Waals surface area contributed by atoms with Gasteiger partial charge in [-0.15, -0.1) is 0 Å². The van der Waals surface area contributed by atoms with Gasteiger partial charge in [0.1, 0.15) is 0 Å². The Morgan fingerprint density at radius 3 is 2.40 bits per heavy atom. The van der Waals surface area contributed by atoms with Gasteiger partial charge in [-0.05, 0) is 61.9 Å². The SMILES string of the molecule is CC(C)CC(=O)N1CCCN(c2ccc(NC(=O)c3ccco3)cc2C(=O)N2CCCCC2)CC1. The van der Waals surface area contributed by atoms with Gasteiger partial charge in [-0.2, -0.15) is 0 Å². The maximum absolute atomic E-state index is 13.6. The number of benzene rings is 1. The molecule has 2 aliphatic rings. The number of hydrogen-bond acceptors (Lipinski definition) is 5. The molecule has 35 heavy (non-hydrogen) atoms. The first-order chi connectivity index (χ1) is 16.9. The third kappa shape index (κ3) is 6.24. The standard InChI is InChI=1S/C27H36N4O4/c1-20(2)18-25(32)30-14-7-13-29(15-16-30)23-10-9-21(28-26(33)24-8-6-17-35-24)19-22(23)27(34)31-11-4-3-5-12-31/h6,8-10,17,19-20H,3-5,7,11-16,18H2,1-2H3,(H,28,33). The molecule has 0 bridgehead atoms. The first-order valence-electron chi connectivity index (χ1n) is 12.7. The summed E-state index contributed by atoms with van der Waals surface area (Å²) in [7, 11) is 0. The van der Waals surface area contributed by atoms with Gasteiger partial charge in [0.15, 0.2) is 5.76 Å². The molecule has 1 aromatic heterocycles. The largest absolute Gasteiger partial charge is 0.459 e. The number of nitrogens with one attached hydrogen (secondary N) is 1. The summed E-state index contributed by atoms with van der Waals surface area (Å²) in [6.07, 6.45) is 6.01. The minimum Gasteiger partial charge on any atom is -0.459 e. The molecule has 2 aliphatic heterocycles. The lowest BCUT2D eigenvalue weighted by Crippen LogP contribution is -2.38. The average Bonchev–Trinajstić information content (AvgIpc) is 3.29. The summed E-state index contributed by atoms with van der Waals surface area (Å²) >= 11 is 0. The summed E-state index contributed by atoms with van der Waals surface area (Å²) < 4.78 is 5.20. The lowest BCUT2D eigenvalue weighted by atomic mass is 10.1. The van der Waals surface area contributed by atoms with E-state index in [4.69, 9.17) is 4.42 Å². The molecule has 2 aromatic rings. The lowest BCUT2D eigenvalue weighted by Gasteiger charge is -2.30. The molecule has 2 saturated heterocycles. The Balaban J connectivity index is 1.57. The fourth-order valence-corrected chi connectivity index (χ4v) is 4.81. The minimum atomic E-state index is -0.354. The number of carbonyl (C=O) groups excluding carboxylic acids is 3. The van der Waals surface area contributed by atoms with Gasteiger partial charge in [-0.25, -0.2) is 0 Å². The van der Waals surface area contributed by atoms with Crippen molar-refractivity contribution in [1.29, 1.82) is 0 Å². The smallest absolute Gasteiger partial charge is 0.291 e. The Labute approximate surface area is 207 Å². The van der Waals surface area contributed by atoms with Crippen LogP contribution in [0.3, 0.4) is 0 Å². The maximum Gasteiger partial charge on any atom is 0.291 e. The number of likely N-dealkylation sites (tertiary alicyclic amines) is 1. The van der Waals surface area contributed by atoms with Crippen LogP contribution in [0.5, 0.6) is 0 Å². The Morgan fingerprint density at radius 1 is 0.914 bits per heavy atom. The summed E-state index contributed by atoms with van der Waals surface area (Å²) in [6, 6.07) is 8.79. The van der Waals surface area contributed by atoms with Crippen LogP contribution in [0.4, 0.5) is 11.4 Å². The molecule has 3 heterocycles. The van der Waals surface area contributed by atoms with E-state index in [1.807, 2.05) is 21.9 Å². The van der Waals surface area contributed by atoms with Gasteiger partial charge in [0.05, 0.1) is 11.8 Å². The third-order valence-electron chi connectivity index (χ3n) is 6.65. The number of amides is 3. The fourth-order valence-electron chi connectivity index (χ4n) is 4.81. The van der Waals surface area contributed by atoms with E-state index in [1.165, 1.54) is 6.26 Å². The van der Waals surface area contributed by atoms with Gasteiger partial charge in [0, 0.05) is 57.1 Å². The molecule has 0 saturated carbocycles. The van der Waals surface area contributed by atoms with Crippen molar-refractivity contribution >= 4 is 29.1 Å². The van der Waals surface area contributed by atoms with E-state index in [-0.39, 0.29) is 23.5 Å². The molecule has 8 nitrogen and oxygen atoms in total. The summed E-state index contributed by atoms with van der Waals surface area (Å²) in [5.41, 5.74) is 2.00. The maximum atomic E-state index is 13.6. The normalized spacial score (nSPS) is 16.8. The second-order valence-corrected chi connectivity index (χ2v) is 9.84. The number of piperidine rings is 1. The minimum absolute atomic E-state index is 0.00853. The molecule has 188 valence electrons. The number of hydrogen-bond donors (Lipinski definition) is 1. The summed E-state index contributed by atoms with van der Waals surface area (Å²) in [4.78, 5) is 44.8. The summed E-state index contributed by atoms with van der Waals surface area (Å²) in [5, 5.41) is 2.85. The molecular formula is C27H36N4O4. The van der Waals surface area contributed by atoms with Crippen LogP contribution < -0.4 is 10.2 Å². The number of nitrogens with zero attached hydrogens (tertiary/aromatic N) is 3. The van der Waals surface area contributed by atoms with Gasteiger partial charge >= 0.3 is 0 Å². The number of furan rings is 1. The van der Waals surface area contributed by atoms with Crippen molar-refractivity contribution in [2.45, 2.75) is 46.0 Å². The van der Waals surface area contributed by atoms with Crippen LogP contribution in [0.1, 0.15) is 66.9 Å². The molecule has 0 radical (unpaired) electrons. The number of rotatable bonds is 6. The monoisotopic (exact) mass is 480 g/mol.